The van der Waals surface area contributed by atoms with Crippen LogP contribution in [-0.2, 0) is 0 Å². The highest BCUT2D eigenvalue weighted by atomic mass is 16.1. The van der Waals surface area contributed by atoms with Crippen LogP contribution < -0.4 is 5.32 Å². The Labute approximate surface area is 122 Å². The minimum atomic E-state index is -0.0215. The summed E-state index contributed by atoms with van der Waals surface area (Å²) in [5, 5.41) is 10.6. The molecule has 0 fully saturated rings. The van der Waals surface area contributed by atoms with Crippen molar-refractivity contribution < 1.29 is 4.79 Å². The summed E-state index contributed by atoms with van der Waals surface area (Å²) < 4.78 is 0. The van der Waals surface area contributed by atoms with Gasteiger partial charge >= 0.3 is 0 Å². The Hall–Kier alpha value is -2.56. The number of hydrogen-bond acceptors (Lipinski definition) is 2. The second-order valence-corrected chi connectivity index (χ2v) is 5.05. The maximum absolute atomic E-state index is 12.3. The van der Waals surface area contributed by atoms with Crippen LogP contribution in [0.25, 0.3) is 22.2 Å². The van der Waals surface area contributed by atoms with E-state index in [9.17, 15) is 4.79 Å². The molecule has 3 N–H and O–H groups in total. The minimum absolute atomic E-state index is 0.0215. The first-order valence-corrected chi connectivity index (χ1v) is 7.18. The van der Waals surface area contributed by atoms with Crippen molar-refractivity contribution in [3.8, 4) is 11.3 Å². The van der Waals surface area contributed by atoms with Gasteiger partial charge in [-0.15, -0.1) is 0 Å². The lowest BCUT2D eigenvalue weighted by atomic mass is 10.1. The van der Waals surface area contributed by atoms with Crippen LogP contribution in [0.5, 0.6) is 0 Å². The summed E-state index contributed by atoms with van der Waals surface area (Å²) in [7, 11) is 0. The molecule has 1 amide bonds. The SMILES string of the molecule is CCCCNC(=O)c1cccc2[nH]c(-c3cn[nH]c3)cc12. The molecular weight excluding hydrogens is 264 g/mol. The molecule has 108 valence electrons. The third-order valence-electron chi connectivity index (χ3n) is 3.53. The Morgan fingerprint density at radius 1 is 1.38 bits per heavy atom. The molecule has 0 radical (unpaired) electrons. The second kappa shape index (κ2) is 5.83. The Morgan fingerprint density at radius 3 is 3.05 bits per heavy atom. The van der Waals surface area contributed by atoms with Crippen molar-refractivity contribution in [1.29, 1.82) is 0 Å². The predicted octanol–water partition coefficient (Wildman–Crippen LogP) is 3.09. The van der Waals surface area contributed by atoms with Crippen LogP contribution in [0.3, 0.4) is 0 Å². The van der Waals surface area contributed by atoms with Crippen molar-refractivity contribution in [3.63, 3.8) is 0 Å². The molecule has 0 aliphatic carbocycles. The van der Waals surface area contributed by atoms with Crippen molar-refractivity contribution in [2.75, 3.05) is 6.54 Å². The van der Waals surface area contributed by atoms with Gasteiger partial charge in [-0.05, 0) is 24.6 Å². The maximum atomic E-state index is 12.3. The zero-order valence-electron chi connectivity index (χ0n) is 11.9. The summed E-state index contributed by atoms with van der Waals surface area (Å²) in [5.74, 6) is -0.0215. The van der Waals surface area contributed by atoms with E-state index in [1.165, 1.54) is 0 Å². The van der Waals surface area contributed by atoms with Crippen molar-refractivity contribution in [1.82, 2.24) is 20.5 Å². The molecule has 2 heterocycles. The molecule has 5 nitrogen and oxygen atoms in total. The van der Waals surface area contributed by atoms with E-state index < -0.39 is 0 Å². The molecule has 0 atom stereocenters. The molecule has 0 saturated heterocycles. The number of carbonyl (C=O) groups is 1. The van der Waals surface area contributed by atoms with Crippen LogP contribution in [0.4, 0.5) is 0 Å². The fourth-order valence-electron chi connectivity index (χ4n) is 2.38. The van der Waals surface area contributed by atoms with Crippen LogP contribution in [-0.4, -0.2) is 27.6 Å². The summed E-state index contributed by atoms with van der Waals surface area (Å²) >= 11 is 0. The number of carbonyl (C=O) groups excluding carboxylic acids is 1. The highest BCUT2D eigenvalue weighted by Crippen LogP contribution is 2.25. The lowest BCUT2D eigenvalue weighted by molar-refractivity contribution is 0.0955. The highest BCUT2D eigenvalue weighted by molar-refractivity contribution is 6.07. The van der Waals surface area contributed by atoms with Gasteiger partial charge in [0.05, 0.1) is 6.20 Å². The van der Waals surface area contributed by atoms with Crippen LogP contribution in [0.2, 0.25) is 0 Å². The Balaban J connectivity index is 1.94. The van der Waals surface area contributed by atoms with Crippen molar-refractivity contribution in [3.05, 3.63) is 42.2 Å². The number of fused-ring (bicyclic) bond motifs is 1. The topological polar surface area (TPSA) is 73.6 Å². The zero-order valence-corrected chi connectivity index (χ0v) is 11.9. The fourth-order valence-corrected chi connectivity index (χ4v) is 2.38. The quantitative estimate of drug-likeness (QED) is 0.629. The van der Waals surface area contributed by atoms with E-state index in [0.717, 1.165) is 35.0 Å². The molecule has 3 aromatic rings. The first-order chi connectivity index (χ1) is 10.3. The molecule has 21 heavy (non-hydrogen) atoms. The van der Waals surface area contributed by atoms with Gasteiger partial charge in [0.1, 0.15) is 0 Å². The van der Waals surface area contributed by atoms with Gasteiger partial charge in [-0.3, -0.25) is 9.89 Å². The first-order valence-electron chi connectivity index (χ1n) is 7.18. The smallest absolute Gasteiger partial charge is 0.251 e. The number of hydrogen-bond donors (Lipinski definition) is 3. The van der Waals surface area contributed by atoms with E-state index in [-0.39, 0.29) is 5.91 Å². The molecule has 5 heteroatoms. The normalized spacial score (nSPS) is 10.9. The second-order valence-electron chi connectivity index (χ2n) is 5.05. The molecule has 0 saturated carbocycles. The minimum Gasteiger partial charge on any atom is -0.354 e. The number of H-pyrrole nitrogens is 2. The molecule has 0 aliphatic heterocycles. The molecule has 0 aliphatic rings. The van der Waals surface area contributed by atoms with E-state index in [4.69, 9.17) is 0 Å². The van der Waals surface area contributed by atoms with Gasteiger partial charge in [-0.25, -0.2) is 0 Å². The van der Waals surface area contributed by atoms with Gasteiger partial charge in [-0.1, -0.05) is 19.4 Å². The van der Waals surface area contributed by atoms with Crippen LogP contribution in [0.15, 0.2) is 36.7 Å². The highest BCUT2D eigenvalue weighted by Gasteiger charge is 2.12. The van der Waals surface area contributed by atoms with Crippen LogP contribution in [0.1, 0.15) is 30.1 Å². The number of aromatic nitrogens is 3. The Kier molecular flexibility index (Phi) is 3.73. The number of nitrogens with zero attached hydrogens (tertiary/aromatic N) is 1. The number of nitrogens with one attached hydrogen (secondary N) is 3. The van der Waals surface area contributed by atoms with Gasteiger partial charge < -0.3 is 10.3 Å². The van der Waals surface area contributed by atoms with Gasteiger partial charge in [0.2, 0.25) is 0 Å². The number of aromatic amines is 2. The van der Waals surface area contributed by atoms with Crippen LogP contribution >= 0.6 is 0 Å². The van der Waals surface area contributed by atoms with E-state index >= 15 is 0 Å². The summed E-state index contributed by atoms with van der Waals surface area (Å²) in [4.78, 5) is 15.6. The van der Waals surface area contributed by atoms with E-state index in [1.54, 1.807) is 6.20 Å². The summed E-state index contributed by atoms with van der Waals surface area (Å²) in [6.07, 6.45) is 5.64. The van der Waals surface area contributed by atoms with E-state index in [2.05, 4.69) is 27.4 Å². The fraction of sp³-hybridized carbons (Fsp3) is 0.250. The van der Waals surface area contributed by atoms with E-state index in [1.807, 2.05) is 30.5 Å². The van der Waals surface area contributed by atoms with Gasteiger partial charge in [-0.2, -0.15) is 5.10 Å². The van der Waals surface area contributed by atoms with E-state index in [0.29, 0.717) is 12.1 Å². The van der Waals surface area contributed by atoms with Gasteiger partial charge in [0.15, 0.2) is 0 Å². The number of benzene rings is 1. The summed E-state index contributed by atoms with van der Waals surface area (Å²) in [6.45, 7) is 2.82. The molecule has 0 unspecified atom stereocenters. The van der Waals surface area contributed by atoms with Gasteiger partial charge in [0.25, 0.3) is 5.91 Å². The predicted molar refractivity (Wildman–Crippen MR) is 83.1 cm³/mol. The third kappa shape index (κ3) is 2.67. The van der Waals surface area contributed by atoms with Crippen LogP contribution in [0, 0.1) is 0 Å². The van der Waals surface area contributed by atoms with Crippen molar-refractivity contribution in [2.24, 2.45) is 0 Å². The largest absolute Gasteiger partial charge is 0.354 e. The number of amides is 1. The zero-order chi connectivity index (χ0) is 14.7. The number of unbranched alkanes of at least 4 members (excludes halogenated alkanes) is 1. The Morgan fingerprint density at radius 2 is 2.29 bits per heavy atom. The average Bonchev–Trinajstić information content (AvgIpc) is 3.15. The van der Waals surface area contributed by atoms with Crippen molar-refractivity contribution in [2.45, 2.75) is 19.8 Å². The third-order valence-corrected chi connectivity index (χ3v) is 3.53. The van der Waals surface area contributed by atoms with Gasteiger partial charge in [0, 0.05) is 40.5 Å². The first kappa shape index (κ1) is 13.4. The molecule has 0 bridgehead atoms. The lowest BCUT2D eigenvalue weighted by Gasteiger charge is -2.05. The summed E-state index contributed by atoms with van der Waals surface area (Å²) in [6, 6.07) is 7.72. The molecule has 3 rings (SSSR count). The monoisotopic (exact) mass is 282 g/mol. The molecule has 1 aromatic carbocycles. The van der Waals surface area contributed by atoms with Crippen molar-refractivity contribution >= 4 is 16.8 Å². The standard InChI is InChI=1S/C16H18N4O/c1-2-3-7-17-16(21)12-5-4-6-14-13(12)8-15(20-14)11-9-18-19-10-11/h4-6,8-10,20H,2-3,7H2,1H3,(H,17,21)(H,18,19). The number of rotatable bonds is 5. The molecular formula is C16H18N4O. The molecule has 0 spiro atoms. The Bertz CT molecular complexity index is 743. The average molecular weight is 282 g/mol. The lowest BCUT2D eigenvalue weighted by Crippen LogP contribution is -2.24. The molecule has 2 aromatic heterocycles. The maximum Gasteiger partial charge on any atom is 0.251 e. The summed E-state index contributed by atoms with van der Waals surface area (Å²) in [5.41, 5.74) is 3.58.